The summed E-state index contributed by atoms with van der Waals surface area (Å²) in [6.45, 7) is 3.61. The lowest BCUT2D eigenvalue weighted by atomic mass is 10.4. The number of methoxy groups -OCH3 is 1. The number of nitrogen functional groups attached to an aromatic ring is 1. The van der Waals surface area contributed by atoms with Crippen LogP contribution in [-0.2, 0) is 16.1 Å². The maximum Gasteiger partial charge on any atom is 0.156 e. The molecule has 0 saturated heterocycles. The van der Waals surface area contributed by atoms with E-state index in [0.29, 0.717) is 31.5 Å². The van der Waals surface area contributed by atoms with Crippen LogP contribution in [-0.4, -0.2) is 30.3 Å². The molecule has 0 amide bonds. The molecule has 6 nitrogen and oxygen atoms in total. The number of aromatic nitrogens is 2. The number of nitrogens with zero attached hydrogens (tertiary/aromatic N) is 2. The number of ether oxygens (including phenoxy) is 2. The van der Waals surface area contributed by atoms with Gasteiger partial charge in [0.2, 0.25) is 0 Å². The van der Waals surface area contributed by atoms with Crippen molar-refractivity contribution < 1.29 is 9.47 Å². The highest BCUT2D eigenvalue weighted by molar-refractivity contribution is 5.33. The molecule has 0 fully saturated rings. The third-order valence-electron chi connectivity index (χ3n) is 1.92. The van der Waals surface area contributed by atoms with E-state index in [4.69, 9.17) is 15.3 Å². The van der Waals surface area contributed by atoms with Gasteiger partial charge in [0.25, 0.3) is 0 Å². The van der Waals surface area contributed by atoms with Crippen LogP contribution in [0.1, 0.15) is 17.9 Å². The summed E-state index contributed by atoms with van der Waals surface area (Å²) < 4.78 is 10.3. The molecule has 0 bridgehead atoms. The molecule has 16 heavy (non-hydrogen) atoms. The largest absolute Gasteiger partial charge is 0.385 e. The predicted molar refractivity (Wildman–Crippen MR) is 60.7 cm³/mol. The molecular formula is C10H18N4O2. The first-order chi connectivity index (χ1) is 7.76. The molecule has 0 atom stereocenters. The van der Waals surface area contributed by atoms with Gasteiger partial charge in [0, 0.05) is 32.1 Å². The number of hydrogen-bond donors (Lipinski definition) is 2. The van der Waals surface area contributed by atoms with E-state index in [1.54, 1.807) is 13.2 Å². The Morgan fingerprint density at radius 2 is 2.19 bits per heavy atom. The molecule has 1 heterocycles. The maximum atomic E-state index is 5.40. The highest BCUT2D eigenvalue weighted by Crippen LogP contribution is 2.05. The Balaban J connectivity index is 2.38. The Labute approximate surface area is 95.1 Å². The first-order valence-electron chi connectivity index (χ1n) is 5.14. The zero-order valence-electron chi connectivity index (χ0n) is 9.69. The molecule has 0 aliphatic heterocycles. The average Bonchev–Trinajstić information content (AvgIpc) is 2.28. The lowest BCUT2D eigenvalue weighted by Crippen LogP contribution is -2.11. The van der Waals surface area contributed by atoms with Crippen molar-refractivity contribution in [2.75, 3.05) is 25.7 Å². The standard InChI is InChI=1S/C10H18N4O2/c1-8-6-9(14-11)13-10(12-8)7-16-5-3-4-15-2/h6H,3-5,7,11H2,1-2H3,(H,12,13,14). The third kappa shape index (κ3) is 4.52. The van der Waals surface area contributed by atoms with Crippen molar-refractivity contribution in [2.45, 2.75) is 20.0 Å². The summed E-state index contributed by atoms with van der Waals surface area (Å²) in [6.07, 6.45) is 0.865. The Hall–Kier alpha value is -1.24. The van der Waals surface area contributed by atoms with Crippen LogP contribution in [0, 0.1) is 6.92 Å². The Bertz CT molecular complexity index is 320. The van der Waals surface area contributed by atoms with Crippen molar-refractivity contribution in [1.29, 1.82) is 0 Å². The monoisotopic (exact) mass is 226 g/mol. The number of anilines is 1. The van der Waals surface area contributed by atoms with Gasteiger partial charge in [-0.2, -0.15) is 0 Å². The molecule has 0 unspecified atom stereocenters. The van der Waals surface area contributed by atoms with Gasteiger partial charge in [-0.15, -0.1) is 0 Å². The van der Waals surface area contributed by atoms with Crippen LogP contribution in [0.4, 0.5) is 5.82 Å². The van der Waals surface area contributed by atoms with Crippen LogP contribution < -0.4 is 11.3 Å². The third-order valence-corrected chi connectivity index (χ3v) is 1.92. The van der Waals surface area contributed by atoms with Gasteiger partial charge in [-0.25, -0.2) is 15.8 Å². The highest BCUT2D eigenvalue weighted by atomic mass is 16.5. The van der Waals surface area contributed by atoms with E-state index in [1.165, 1.54) is 0 Å². The normalized spacial score (nSPS) is 10.4. The second-order valence-corrected chi connectivity index (χ2v) is 3.35. The molecule has 1 rings (SSSR count). The summed E-state index contributed by atoms with van der Waals surface area (Å²) in [5, 5.41) is 0. The fraction of sp³-hybridized carbons (Fsp3) is 0.600. The zero-order chi connectivity index (χ0) is 11.8. The smallest absolute Gasteiger partial charge is 0.156 e. The van der Waals surface area contributed by atoms with E-state index >= 15 is 0 Å². The number of hydrazine groups is 1. The second kappa shape index (κ2) is 7.10. The summed E-state index contributed by atoms with van der Waals surface area (Å²) in [4.78, 5) is 8.40. The minimum Gasteiger partial charge on any atom is -0.385 e. The van der Waals surface area contributed by atoms with Crippen LogP contribution in [0.5, 0.6) is 0 Å². The zero-order valence-corrected chi connectivity index (χ0v) is 9.69. The highest BCUT2D eigenvalue weighted by Gasteiger charge is 2.01. The van der Waals surface area contributed by atoms with Gasteiger partial charge in [-0.05, 0) is 13.3 Å². The SMILES string of the molecule is COCCCOCc1nc(C)cc(NN)n1. The van der Waals surface area contributed by atoms with E-state index in [1.807, 2.05) is 6.92 Å². The topological polar surface area (TPSA) is 82.3 Å². The minimum absolute atomic E-state index is 0.389. The summed E-state index contributed by atoms with van der Waals surface area (Å²) in [7, 11) is 1.67. The summed E-state index contributed by atoms with van der Waals surface area (Å²) in [5.74, 6) is 6.51. The summed E-state index contributed by atoms with van der Waals surface area (Å²) in [5.41, 5.74) is 3.35. The van der Waals surface area contributed by atoms with Gasteiger partial charge in [-0.3, -0.25) is 0 Å². The van der Waals surface area contributed by atoms with Crippen molar-refractivity contribution in [3.8, 4) is 0 Å². The van der Waals surface area contributed by atoms with E-state index in [9.17, 15) is 0 Å². The molecule has 0 saturated carbocycles. The first-order valence-corrected chi connectivity index (χ1v) is 5.14. The average molecular weight is 226 g/mol. The van der Waals surface area contributed by atoms with E-state index in [0.717, 1.165) is 12.1 Å². The quantitative estimate of drug-likeness (QED) is 0.403. The van der Waals surface area contributed by atoms with Crippen LogP contribution in [0.2, 0.25) is 0 Å². The number of nitrogens with one attached hydrogen (secondary N) is 1. The minimum atomic E-state index is 0.389. The Morgan fingerprint density at radius 3 is 2.88 bits per heavy atom. The lowest BCUT2D eigenvalue weighted by molar-refractivity contribution is 0.0890. The lowest BCUT2D eigenvalue weighted by Gasteiger charge is -2.06. The van der Waals surface area contributed by atoms with Gasteiger partial charge >= 0.3 is 0 Å². The van der Waals surface area contributed by atoms with Crippen LogP contribution >= 0.6 is 0 Å². The molecule has 3 N–H and O–H groups in total. The molecule has 1 aromatic rings. The van der Waals surface area contributed by atoms with Crippen LogP contribution in [0.3, 0.4) is 0 Å². The second-order valence-electron chi connectivity index (χ2n) is 3.35. The molecular weight excluding hydrogens is 208 g/mol. The number of nitrogens with two attached hydrogens (primary N) is 1. The van der Waals surface area contributed by atoms with E-state index in [-0.39, 0.29) is 0 Å². The van der Waals surface area contributed by atoms with E-state index in [2.05, 4.69) is 15.4 Å². The van der Waals surface area contributed by atoms with Crippen molar-refractivity contribution >= 4 is 5.82 Å². The molecule has 0 aromatic carbocycles. The number of rotatable bonds is 7. The number of hydrogen-bond acceptors (Lipinski definition) is 6. The van der Waals surface area contributed by atoms with Gasteiger partial charge in [0.05, 0.1) is 0 Å². The molecule has 1 aromatic heterocycles. The predicted octanol–water partition coefficient (Wildman–Crippen LogP) is 0.624. The fourth-order valence-corrected chi connectivity index (χ4v) is 1.24. The van der Waals surface area contributed by atoms with Crippen LogP contribution in [0.15, 0.2) is 6.07 Å². The molecule has 0 spiro atoms. The van der Waals surface area contributed by atoms with Gasteiger partial charge in [0.15, 0.2) is 5.82 Å². The van der Waals surface area contributed by atoms with Crippen molar-refractivity contribution in [2.24, 2.45) is 5.84 Å². The van der Waals surface area contributed by atoms with Gasteiger partial charge < -0.3 is 14.9 Å². The Morgan fingerprint density at radius 1 is 1.38 bits per heavy atom. The van der Waals surface area contributed by atoms with Crippen LogP contribution in [0.25, 0.3) is 0 Å². The number of aryl methyl sites for hydroxylation is 1. The fourth-order valence-electron chi connectivity index (χ4n) is 1.24. The maximum absolute atomic E-state index is 5.40. The van der Waals surface area contributed by atoms with Gasteiger partial charge in [-0.1, -0.05) is 0 Å². The molecule has 90 valence electrons. The molecule has 0 aliphatic rings. The van der Waals surface area contributed by atoms with Gasteiger partial charge in [0.1, 0.15) is 12.4 Å². The van der Waals surface area contributed by atoms with Crippen molar-refractivity contribution in [3.05, 3.63) is 17.6 Å². The summed E-state index contributed by atoms with van der Waals surface area (Å²) in [6, 6.07) is 1.77. The first kappa shape index (κ1) is 12.8. The van der Waals surface area contributed by atoms with Crippen molar-refractivity contribution in [1.82, 2.24) is 9.97 Å². The van der Waals surface area contributed by atoms with Crippen molar-refractivity contribution in [3.63, 3.8) is 0 Å². The molecule has 0 aliphatic carbocycles. The summed E-state index contributed by atoms with van der Waals surface area (Å²) >= 11 is 0. The molecule has 0 radical (unpaired) electrons. The molecule has 6 heteroatoms. The van der Waals surface area contributed by atoms with E-state index < -0.39 is 0 Å². The Kier molecular flexibility index (Phi) is 5.69.